The van der Waals surface area contributed by atoms with E-state index in [9.17, 15) is 13.2 Å². The van der Waals surface area contributed by atoms with Crippen molar-refractivity contribution in [2.45, 2.75) is 24.3 Å². The minimum absolute atomic E-state index is 0.000726. The number of nitriles is 1. The third-order valence-electron chi connectivity index (χ3n) is 4.16. The van der Waals surface area contributed by atoms with Crippen molar-refractivity contribution >= 4 is 33.2 Å². The zero-order chi connectivity index (χ0) is 18.7. The lowest BCUT2D eigenvalue weighted by Crippen LogP contribution is -2.24. The van der Waals surface area contributed by atoms with Crippen LogP contribution in [-0.4, -0.2) is 20.9 Å². The molecular weight excluding hydrogens is 374 g/mol. The molecule has 8 heteroatoms. The average Bonchev–Trinajstić information content (AvgIpc) is 3.06. The van der Waals surface area contributed by atoms with Crippen molar-refractivity contribution in [2.75, 3.05) is 11.4 Å². The molecule has 3 rings (SSSR count). The Kier molecular flexibility index (Phi) is 5.28. The Morgan fingerprint density at radius 2 is 1.92 bits per heavy atom. The number of halogens is 1. The summed E-state index contributed by atoms with van der Waals surface area (Å²) in [5.41, 5.74) is 1.80. The third-order valence-corrected chi connectivity index (χ3v) is 5.87. The highest BCUT2D eigenvalue weighted by atomic mass is 35.5. The summed E-state index contributed by atoms with van der Waals surface area (Å²) in [7, 11) is -3.75. The number of carbonyl (C=O) groups is 1. The first-order valence-electron chi connectivity index (χ1n) is 7.99. The molecular formula is C18H16ClN3O3S. The maximum Gasteiger partial charge on any atom is 0.240 e. The molecule has 0 spiro atoms. The van der Waals surface area contributed by atoms with Crippen LogP contribution >= 0.6 is 11.6 Å². The first-order valence-corrected chi connectivity index (χ1v) is 9.85. The van der Waals surface area contributed by atoms with Crippen LogP contribution < -0.4 is 9.62 Å². The van der Waals surface area contributed by atoms with E-state index < -0.39 is 10.0 Å². The number of nitrogens with zero attached hydrogens (tertiary/aromatic N) is 2. The molecule has 26 heavy (non-hydrogen) atoms. The Labute approximate surface area is 157 Å². The van der Waals surface area contributed by atoms with Gasteiger partial charge >= 0.3 is 0 Å². The van der Waals surface area contributed by atoms with Crippen molar-refractivity contribution in [1.29, 1.82) is 5.26 Å². The summed E-state index contributed by atoms with van der Waals surface area (Å²) in [5, 5.41) is 8.95. The van der Waals surface area contributed by atoms with E-state index in [1.165, 1.54) is 18.2 Å². The van der Waals surface area contributed by atoms with Gasteiger partial charge in [-0.2, -0.15) is 5.26 Å². The fourth-order valence-corrected chi connectivity index (χ4v) is 4.06. The lowest BCUT2D eigenvalue weighted by molar-refractivity contribution is -0.117. The minimum Gasteiger partial charge on any atom is -0.312 e. The van der Waals surface area contributed by atoms with Gasteiger partial charge in [-0.1, -0.05) is 23.7 Å². The van der Waals surface area contributed by atoms with Gasteiger partial charge in [-0.25, -0.2) is 13.1 Å². The Morgan fingerprint density at radius 1 is 1.19 bits per heavy atom. The van der Waals surface area contributed by atoms with E-state index in [0.717, 1.165) is 17.7 Å². The third kappa shape index (κ3) is 3.88. The number of nitrogens with one attached hydrogen (secondary N) is 1. The molecule has 1 amide bonds. The lowest BCUT2D eigenvalue weighted by Gasteiger charge is -2.16. The molecule has 1 heterocycles. The van der Waals surface area contributed by atoms with Crippen LogP contribution in [0.5, 0.6) is 0 Å². The first kappa shape index (κ1) is 18.4. The van der Waals surface area contributed by atoms with Crippen molar-refractivity contribution in [2.24, 2.45) is 0 Å². The SMILES string of the molecule is N#Cc1ccc(S(=O)(=O)NCc2ccc(N3CCCC3=O)cc2)cc1Cl. The van der Waals surface area contributed by atoms with Crippen molar-refractivity contribution in [3.63, 3.8) is 0 Å². The second-order valence-electron chi connectivity index (χ2n) is 5.89. The number of benzene rings is 2. The smallest absolute Gasteiger partial charge is 0.240 e. The van der Waals surface area contributed by atoms with E-state index in [0.29, 0.717) is 13.0 Å². The van der Waals surface area contributed by atoms with E-state index in [1.54, 1.807) is 17.0 Å². The van der Waals surface area contributed by atoms with Crippen molar-refractivity contribution in [3.05, 3.63) is 58.6 Å². The number of anilines is 1. The van der Waals surface area contributed by atoms with Gasteiger partial charge in [-0.05, 0) is 42.3 Å². The Balaban J connectivity index is 1.69. The van der Waals surface area contributed by atoms with Gasteiger partial charge in [-0.15, -0.1) is 0 Å². The quantitative estimate of drug-likeness (QED) is 0.851. The van der Waals surface area contributed by atoms with Gasteiger partial charge in [-0.3, -0.25) is 4.79 Å². The molecule has 1 fully saturated rings. The number of carbonyl (C=O) groups excluding carboxylic acids is 1. The fourth-order valence-electron chi connectivity index (χ4n) is 2.73. The van der Waals surface area contributed by atoms with Crippen LogP contribution in [0.3, 0.4) is 0 Å². The summed E-state index contributed by atoms with van der Waals surface area (Å²) in [6.45, 7) is 0.818. The second-order valence-corrected chi connectivity index (χ2v) is 8.07. The zero-order valence-electron chi connectivity index (χ0n) is 13.8. The number of amides is 1. The van der Waals surface area contributed by atoms with Crippen LogP contribution in [0.1, 0.15) is 24.0 Å². The number of hydrogen-bond donors (Lipinski definition) is 1. The predicted molar refractivity (Wildman–Crippen MR) is 98.2 cm³/mol. The van der Waals surface area contributed by atoms with Gasteiger partial charge in [0.25, 0.3) is 0 Å². The van der Waals surface area contributed by atoms with Gasteiger partial charge in [0.1, 0.15) is 6.07 Å². The van der Waals surface area contributed by atoms with Gasteiger partial charge in [0.05, 0.1) is 15.5 Å². The summed E-state index contributed by atoms with van der Waals surface area (Å²) in [6, 6.07) is 13.1. The Bertz CT molecular complexity index is 982. The molecule has 2 aromatic carbocycles. The molecule has 0 radical (unpaired) electrons. The highest BCUT2D eigenvalue weighted by Crippen LogP contribution is 2.22. The van der Waals surface area contributed by atoms with Crippen LogP contribution in [-0.2, 0) is 21.4 Å². The molecule has 1 aliphatic heterocycles. The molecule has 1 aliphatic rings. The summed E-state index contributed by atoms with van der Waals surface area (Å²) in [5.74, 6) is 0.108. The van der Waals surface area contributed by atoms with E-state index in [4.69, 9.17) is 16.9 Å². The molecule has 134 valence electrons. The molecule has 0 aliphatic carbocycles. The maximum atomic E-state index is 12.4. The van der Waals surface area contributed by atoms with Gasteiger partial charge < -0.3 is 4.90 Å². The molecule has 0 saturated carbocycles. The van der Waals surface area contributed by atoms with Crippen molar-refractivity contribution in [1.82, 2.24) is 4.72 Å². The second kappa shape index (κ2) is 7.46. The average molecular weight is 390 g/mol. The lowest BCUT2D eigenvalue weighted by atomic mass is 10.2. The highest BCUT2D eigenvalue weighted by molar-refractivity contribution is 7.89. The minimum atomic E-state index is -3.75. The van der Waals surface area contributed by atoms with Crippen LogP contribution in [0.4, 0.5) is 5.69 Å². The molecule has 0 atom stereocenters. The molecule has 0 aromatic heterocycles. The highest BCUT2D eigenvalue weighted by Gasteiger charge is 2.21. The topological polar surface area (TPSA) is 90.3 Å². The molecule has 0 bridgehead atoms. The van der Waals surface area contributed by atoms with Crippen LogP contribution in [0.2, 0.25) is 5.02 Å². The summed E-state index contributed by atoms with van der Waals surface area (Å²) in [6.07, 6.45) is 1.42. The fraction of sp³-hybridized carbons (Fsp3) is 0.222. The van der Waals surface area contributed by atoms with Crippen LogP contribution in [0, 0.1) is 11.3 Å². The molecule has 1 saturated heterocycles. The van der Waals surface area contributed by atoms with E-state index in [1.807, 2.05) is 18.2 Å². The maximum absolute atomic E-state index is 12.4. The van der Waals surface area contributed by atoms with Crippen molar-refractivity contribution in [3.8, 4) is 6.07 Å². The van der Waals surface area contributed by atoms with Crippen molar-refractivity contribution < 1.29 is 13.2 Å². The number of hydrogen-bond acceptors (Lipinski definition) is 4. The standard InChI is InChI=1S/C18H16ClN3O3S/c19-17-10-16(8-5-14(17)11-20)26(24,25)21-12-13-3-6-15(7-4-13)22-9-1-2-18(22)23/h3-8,10,21H,1-2,9,12H2. The largest absolute Gasteiger partial charge is 0.312 e. The number of sulfonamides is 1. The molecule has 2 aromatic rings. The summed E-state index contributed by atoms with van der Waals surface area (Å²) in [4.78, 5) is 13.5. The number of rotatable bonds is 5. The van der Waals surface area contributed by atoms with E-state index in [-0.39, 0.29) is 27.9 Å². The van der Waals surface area contributed by atoms with E-state index >= 15 is 0 Å². The normalized spacial score (nSPS) is 14.5. The summed E-state index contributed by atoms with van der Waals surface area (Å²) >= 11 is 5.90. The van der Waals surface area contributed by atoms with E-state index in [2.05, 4.69) is 4.72 Å². The first-order chi connectivity index (χ1) is 12.4. The molecule has 1 N–H and O–H groups in total. The molecule has 0 unspecified atom stereocenters. The summed E-state index contributed by atoms with van der Waals surface area (Å²) < 4.78 is 27.2. The van der Waals surface area contributed by atoms with Gasteiger partial charge in [0.2, 0.25) is 15.9 Å². The zero-order valence-corrected chi connectivity index (χ0v) is 15.3. The Hall–Kier alpha value is -2.40. The molecule has 6 nitrogen and oxygen atoms in total. The predicted octanol–water partition coefficient (Wildman–Crippen LogP) is 2.82. The van der Waals surface area contributed by atoms with Gasteiger partial charge in [0, 0.05) is 25.2 Å². The van der Waals surface area contributed by atoms with Gasteiger partial charge in [0.15, 0.2) is 0 Å². The monoisotopic (exact) mass is 389 g/mol. The van der Waals surface area contributed by atoms with Crippen LogP contribution in [0.15, 0.2) is 47.4 Å². The van der Waals surface area contributed by atoms with Crippen LogP contribution in [0.25, 0.3) is 0 Å². The Morgan fingerprint density at radius 3 is 2.50 bits per heavy atom.